The van der Waals surface area contributed by atoms with Crippen molar-refractivity contribution < 1.29 is 13.2 Å². The molecule has 0 saturated carbocycles. The number of anilines is 2. The van der Waals surface area contributed by atoms with Gasteiger partial charge in [0.1, 0.15) is 5.75 Å². The Hall–Kier alpha value is -2.05. The van der Waals surface area contributed by atoms with Crippen LogP contribution in [-0.2, 0) is 14.6 Å². The summed E-state index contributed by atoms with van der Waals surface area (Å²) in [4.78, 5) is 12.1. The van der Waals surface area contributed by atoms with Crippen molar-refractivity contribution in [1.29, 1.82) is 0 Å². The fraction of sp³-hybridized carbons (Fsp3) is 0.381. The third-order valence-corrected chi connectivity index (χ3v) is 6.26. The molecule has 2 N–H and O–H groups in total. The van der Waals surface area contributed by atoms with Crippen molar-refractivity contribution in [2.24, 2.45) is 0 Å². The van der Waals surface area contributed by atoms with E-state index in [1.165, 1.54) is 0 Å². The zero-order chi connectivity index (χ0) is 20.6. The number of carbonyl (C=O) groups is 1. The highest BCUT2D eigenvalue weighted by Gasteiger charge is 2.17. The summed E-state index contributed by atoms with van der Waals surface area (Å²) in [6, 6.07) is 15.1. The molecule has 0 spiro atoms. The Balaban J connectivity index is 1.95. The lowest BCUT2D eigenvalue weighted by Gasteiger charge is -2.17. The molecule has 0 aliphatic heterocycles. The van der Waals surface area contributed by atoms with Crippen LogP contribution in [0.1, 0.15) is 44.7 Å². The van der Waals surface area contributed by atoms with Crippen LogP contribution in [0.4, 0.5) is 11.4 Å². The monoisotopic (exact) mass is 422 g/mol. The molecule has 1 amide bonds. The van der Waals surface area contributed by atoms with Gasteiger partial charge >= 0.3 is 0 Å². The Bertz CT molecular complexity index is 886. The maximum Gasteiger partial charge on any atom is 0.239 e. The smallest absolute Gasteiger partial charge is 0.239 e. The van der Waals surface area contributed by atoms with Crippen molar-refractivity contribution in [3.8, 4) is 0 Å². The van der Waals surface area contributed by atoms with Crippen molar-refractivity contribution >= 4 is 38.7 Å². The number of hydrogen-bond donors (Lipinski definition) is 2. The zero-order valence-corrected chi connectivity index (χ0v) is 17.8. The molecule has 2 rings (SSSR count). The van der Waals surface area contributed by atoms with E-state index >= 15 is 0 Å². The Morgan fingerprint density at radius 2 is 1.82 bits per heavy atom. The van der Waals surface area contributed by atoms with Crippen LogP contribution < -0.4 is 10.6 Å². The van der Waals surface area contributed by atoms with Crippen LogP contribution in [0.5, 0.6) is 0 Å². The fourth-order valence-electron chi connectivity index (χ4n) is 2.81. The average Bonchev–Trinajstić information content (AvgIpc) is 2.64. The van der Waals surface area contributed by atoms with Crippen LogP contribution in [0, 0.1) is 0 Å². The molecule has 152 valence electrons. The highest BCUT2D eigenvalue weighted by atomic mass is 35.5. The quantitative estimate of drug-likeness (QED) is 0.525. The van der Waals surface area contributed by atoms with Gasteiger partial charge in [-0.15, -0.1) is 0 Å². The molecule has 5 nitrogen and oxygen atoms in total. The number of halogens is 1. The average molecular weight is 423 g/mol. The third-order valence-electron chi connectivity index (χ3n) is 4.33. The molecule has 28 heavy (non-hydrogen) atoms. The van der Waals surface area contributed by atoms with E-state index in [-0.39, 0.29) is 11.8 Å². The molecule has 1 unspecified atom stereocenters. The standard InChI is InChI=1S/C21H27ClN2O3S/c1-3-4-8-13-28(26,27)15-21(25)24-18-11-12-20(19(22)14-18)23-16(2)17-9-6-5-7-10-17/h5-7,9-12,14,16,23H,3-4,8,13,15H2,1-2H3,(H,24,25). The Morgan fingerprint density at radius 3 is 2.46 bits per heavy atom. The number of benzene rings is 2. The van der Waals surface area contributed by atoms with Crippen LogP contribution >= 0.6 is 11.6 Å². The molecule has 0 saturated heterocycles. The van der Waals surface area contributed by atoms with Gasteiger partial charge in [-0.25, -0.2) is 8.42 Å². The minimum Gasteiger partial charge on any atom is -0.377 e. The predicted molar refractivity (Wildman–Crippen MR) is 117 cm³/mol. The summed E-state index contributed by atoms with van der Waals surface area (Å²) in [5.74, 6) is -1.03. The number of sulfone groups is 1. The first kappa shape index (κ1) is 22.2. The lowest BCUT2D eigenvalue weighted by molar-refractivity contribution is -0.113. The predicted octanol–water partition coefficient (Wildman–Crippen LogP) is 5.06. The number of carbonyl (C=O) groups excluding carboxylic acids is 1. The first-order valence-corrected chi connectivity index (χ1v) is 11.6. The number of amides is 1. The largest absolute Gasteiger partial charge is 0.377 e. The van der Waals surface area contributed by atoms with Crippen molar-refractivity contribution in [1.82, 2.24) is 0 Å². The molecular weight excluding hydrogens is 396 g/mol. The van der Waals surface area contributed by atoms with Crippen LogP contribution in [0.25, 0.3) is 0 Å². The molecule has 0 bridgehead atoms. The van der Waals surface area contributed by atoms with Gasteiger partial charge in [0.2, 0.25) is 5.91 Å². The van der Waals surface area contributed by atoms with Gasteiger partial charge < -0.3 is 10.6 Å². The van der Waals surface area contributed by atoms with E-state index in [0.717, 1.165) is 24.1 Å². The molecule has 0 aliphatic carbocycles. The van der Waals surface area contributed by atoms with Crippen molar-refractivity contribution in [2.75, 3.05) is 22.1 Å². The van der Waals surface area contributed by atoms with Crippen molar-refractivity contribution in [3.05, 3.63) is 59.1 Å². The molecule has 0 aliphatic rings. The molecule has 2 aromatic carbocycles. The molecule has 0 radical (unpaired) electrons. The number of unbranched alkanes of at least 4 members (excludes halogenated alkanes) is 2. The van der Waals surface area contributed by atoms with Crippen molar-refractivity contribution in [3.63, 3.8) is 0 Å². The summed E-state index contributed by atoms with van der Waals surface area (Å²) in [5, 5.41) is 6.39. The molecule has 0 heterocycles. The van der Waals surface area contributed by atoms with Gasteiger partial charge in [-0.05, 0) is 37.1 Å². The fourth-order valence-corrected chi connectivity index (χ4v) is 4.30. The Labute approximate surface area is 172 Å². The summed E-state index contributed by atoms with van der Waals surface area (Å²) in [6.07, 6.45) is 2.35. The normalized spacial score (nSPS) is 12.4. The van der Waals surface area contributed by atoms with E-state index in [2.05, 4.69) is 10.6 Å². The van der Waals surface area contributed by atoms with Crippen LogP contribution in [0.2, 0.25) is 5.02 Å². The van der Waals surface area contributed by atoms with E-state index in [0.29, 0.717) is 17.1 Å². The van der Waals surface area contributed by atoms with Gasteiger partial charge in [0.05, 0.1) is 16.5 Å². The number of rotatable bonds is 10. The first-order chi connectivity index (χ1) is 13.3. The minimum atomic E-state index is -3.40. The lowest BCUT2D eigenvalue weighted by atomic mass is 10.1. The number of hydrogen-bond acceptors (Lipinski definition) is 4. The molecule has 0 aromatic heterocycles. The highest BCUT2D eigenvalue weighted by molar-refractivity contribution is 7.92. The maximum atomic E-state index is 12.1. The van der Waals surface area contributed by atoms with Crippen LogP contribution in [-0.4, -0.2) is 25.8 Å². The number of nitrogens with one attached hydrogen (secondary N) is 2. The highest BCUT2D eigenvalue weighted by Crippen LogP contribution is 2.29. The van der Waals surface area contributed by atoms with Gasteiger partial charge in [0.15, 0.2) is 9.84 Å². The van der Waals surface area contributed by atoms with E-state index < -0.39 is 21.5 Å². The van der Waals surface area contributed by atoms with Gasteiger partial charge in [0.25, 0.3) is 0 Å². The Kier molecular flexibility index (Phi) is 8.33. The summed E-state index contributed by atoms with van der Waals surface area (Å²) in [6.45, 7) is 4.03. The summed E-state index contributed by atoms with van der Waals surface area (Å²) >= 11 is 6.33. The summed E-state index contributed by atoms with van der Waals surface area (Å²) in [5.41, 5.74) is 2.34. The third kappa shape index (κ3) is 7.17. The molecule has 2 aromatic rings. The SMILES string of the molecule is CCCCCS(=O)(=O)CC(=O)Nc1ccc(NC(C)c2ccccc2)c(Cl)c1. The van der Waals surface area contributed by atoms with Crippen LogP contribution in [0.3, 0.4) is 0 Å². The second-order valence-electron chi connectivity index (χ2n) is 6.82. The van der Waals surface area contributed by atoms with Gasteiger partial charge in [-0.3, -0.25) is 4.79 Å². The van der Waals surface area contributed by atoms with Gasteiger partial charge in [-0.2, -0.15) is 0 Å². The zero-order valence-electron chi connectivity index (χ0n) is 16.2. The summed E-state index contributed by atoms with van der Waals surface area (Å²) in [7, 11) is -3.40. The lowest BCUT2D eigenvalue weighted by Crippen LogP contribution is -2.24. The topological polar surface area (TPSA) is 75.3 Å². The van der Waals surface area contributed by atoms with Gasteiger partial charge in [0, 0.05) is 11.7 Å². The second kappa shape index (κ2) is 10.5. The first-order valence-electron chi connectivity index (χ1n) is 9.42. The summed E-state index contributed by atoms with van der Waals surface area (Å²) < 4.78 is 24.0. The van der Waals surface area contributed by atoms with Crippen LogP contribution in [0.15, 0.2) is 48.5 Å². The van der Waals surface area contributed by atoms with E-state index in [1.54, 1.807) is 18.2 Å². The minimum absolute atomic E-state index is 0.0370. The van der Waals surface area contributed by atoms with E-state index in [9.17, 15) is 13.2 Å². The molecular formula is C21H27ClN2O3S. The van der Waals surface area contributed by atoms with E-state index in [4.69, 9.17) is 11.6 Å². The molecule has 7 heteroatoms. The van der Waals surface area contributed by atoms with Crippen molar-refractivity contribution in [2.45, 2.75) is 39.2 Å². The maximum absolute atomic E-state index is 12.1. The second-order valence-corrected chi connectivity index (χ2v) is 9.41. The Morgan fingerprint density at radius 1 is 1.11 bits per heavy atom. The van der Waals surface area contributed by atoms with Gasteiger partial charge in [-0.1, -0.05) is 61.7 Å². The molecule has 0 fully saturated rings. The van der Waals surface area contributed by atoms with E-state index in [1.807, 2.05) is 44.2 Å². The molecule has 1 atom stereocenters.